The lowest BCUT2D eigenvalue weighted by molar-refractivity contribution is -0.156. The molecule has 0 bridgehead atoms. The largest absolute Gasteiger partial charge is 0.497 e. The molecule has 0 radical (unpaired) electrons. The van der Waals surface area contributed by atoms with Gasteiger partial charge in [0.15, 0.2) is 0 Å². The molecule has 2 aliphatic heterocycles. The molecule has 0 spiro atoms. The van der Waals surface area contributed by atoms with Gasteiger partial charge in [-0.3, -0.25) is 4.79 Å². The third kappa shape index (κ3) is 3.95. The zero-order valence-corrected chi connectivity index (χ0v) is 21.4. The normalized spacial score (nSPS) is 24.8. The van der Waals surface area contributed by atoms with Crippen LogP contribution < -0.4 is 14.2 Å². The third-order valence-electron chi connectivity index (χ3n) is 8.54. The van der Waals surface area contributed by atoms with Crippen molar-refractivity contribution in [1.82, 2.24) is 4.90 Å². The van der Waals surface area contributed by atoms with E-state index in [-0.39, 0.29) is 17.9 Å². The number of methoxy groups -OCH3 is 2. The molecule has 0 aromatic heterocycles. The van der Waals surface area contributed by atoms with Gasteiger partial charge in [-0.1, -0.05) is 49.2 Å². The summed E-state index contributed by atoms with van der Waals surface area (Å²) in [6, 6.07) is 21.1. The highest BCUT2D eigenvalue weighted by atomic mass is 16.5. The molecule has 3 aliphatic rings. The number of amides is 1. The Balaban J connectivity index is 1.48. The molecule has 1 saturated heterocycles. The quantitative estimate of drug-likeness (QED) is 0.489. The fourth-order valence-electron chi connectivity index (χ4n) is 6.72. The summed E-state index contributed by atoms with van der Waals surface area (Å²) in [5.74, 6) is 2.26. The Labute approximate surface area is 217 Å². The summed E-state index contributed by atoms with van der Waals surface area (Å²) in [6.07, 6.45) is 4.24. The van der Waals surface area contributed by atoms with Gasteiger partial charge in [0.05, 0.1) is 31.8 Å². The summed E-state index contributed by atoms with van der Waals surface area (Å²) in [5, 5.41) is 11.8. The Hall–Kier alpha value is -3.51. The molecule has 6 nitrogen and oxygen atoms in total. The molecule has 1 aliphatic carbocycles. The molecule has 1 amide bonds. The number of hydrogen-bond acceptors (Lipinski definition) is 5. The van der Waals surface area contributed by atoms with Gasteiger partial charge in [-0.25, -0.2) is 0 Å². The van der Waals surface area contributed by atoms with E-state index in [0.717, 1.165) is 42.4 Å². The number of hydrogen-bond donors (Lipinski definition) is 1. The number of ether oxygens (including phenoxy) is 3. The molecule has 2 fully saturated rings. The molecule has 3 aromatic carbocycles. The van der Waals surface area contributed by atoms with Crippen molar-refractivity contribution in [3.63, 3.8) is 0 Å². The van der Waals surface area contributed by atoms with Crippen molar-refractivity contribution in [2.75, 3.05) is 20.8 Å². The minimum Gasteiger partial charge on any atom is -0.497 e. The molecule has 0 unspecified atom stereocenters. The van der Waals surface area contributed by atoms with Gasteiger partial charge in [0, 0.05) is 35.2 Å². The lowest BCUT2D eigenvalue weighted by atomic mass is 9.65. The van der Waals surface area contributed by atoms with Crippen molar-refractivity contribution in [2.45, 2.75) is 49.7 Å². The lowest BCUT2D eigenvalue weighted by Crippen LogP contribution is -2.57. The summed E-state index contributed by atoms with van der Waals surface area (Å²) < 4.78 is 17.4. The van der Waals surface area contributed by atoms with Crippen molar-refractivity contribution in [2.24, 2.45) is 5.92 Å². The van der Waals surface area contributed by atoms with E-state index < -0.39 is 11.5 Å². The Morgan fingerprint density at radius 2 is 1.62 bits per heavy atom. The van der Waals surface area contributed by atoms with E-state index in [1.165, 1.54) is 0 Å². The predicted octanol–water partition coefficient (Wildman–Crippen LogP) is 5.84. The van der Waals surface area contributed by atoms with E-state index in [2.05, 4.69) is 0 Å². The Morgan fingerprint density at radius 3 is 2.30 bits per heavy atom. The van der Waals surface area contributed by atoms with Crippen LogP contribution in [0.4, 0.5) is 0 Å². The minimum absolute atomic E-state index is 0.0266. The van der Waals surface area contributed by atoms with E-state index in [4.69, 9.17) is 14.2 Å². The van der Waals surface area contributed by atoms with Crippen molar-refractivity contribution < 1.29 is 24.1 Å². The maximum absolute atomic E-state index is 14.7. The predicted molar refractivity (Wildman–Crippen MR) is 140 cm³/mol. The number of aliphatic hydroxyl groups is 1. The average molecular weight is 500 g/mol. The summed E-state index contributed by atoms with van der Waals surface area (Å²) in [7, 11) is 3.27. The minimum atomic E-state index is -0.796. The Morgan fingerprint density at radius 1 is 0.919 bits per heavy atom. The fraction of sp³-hybridized carbons (Fsp3) is 0.387. The molecule has 3 aromatic rings. The number of piperidine rings is 1. The second kappa shape index (κ2) is 9.42. The van der Waals surface area contributed by atoms with Crippen LogP contribution in [0.15, 0.2) is 66.7 Å². The molecular formula is C31H33NO5. The van der Waals surface area contributed by atoms with Crippen molar-refractivity contribution in [1.29, 1.82) is 0 Å². The van der Waals surface area contributed by atoms with Gasteiger partial charge in [-0.05, 0) is 43.5 Å². The van der Waals surface area contributed by atoms with E-state index in [0.29, 0.717) is 36.0 Å². The van der Waals surface area contributed by atoms with Crippen LogP contribution in [0.5, 0.6) is 23.0 Å². The SMILES string of the molecule is COc1ccc([C@@H]2[C@H]3CCCC[C@]3(O)CCN2C(=O)C2c3ccccc3Oc3ccccc32)c(OC)c1. The second-order valence-corrected chi connectivity index (χ2v) is 10.4. The zero-order valence-electron chi connectivity index (χ0n) is 21.4. The molecule has 1 saturated carbocycles. The maximum atomic E-state index is 14.7. The maximum Gasteiger partial charge on any atom is 0.235 e. The number of fused-ring (bicyclic) bond motifs is 3. The van der Waals surface area contributed by atoms with Crippen LogP contribution >= 0.6 is 0 Å². The van der Waals surface area contributed by atoms with Crippen LogP contribution in [-0.2, 0) is 4.79 Å². The van der Waals surface area contributed by atoms with Crippen LogP contribution in [-0.4, -0.2) is 42.3 Å². The highest BCUT2D eigenvalue weighted by Gasteiger charge is 2.52. The van der Waals surface area contributed by atoms with E-state index in [1.54, 1.807) is 14.2 Å². The number of benzene rings is 3. The summed E-state index contributed by atoms with van der Waals surface area (Å²) in [4.78, 5) is 16.7. The monoisotopic (exact) mass is 499 g/mol. The number of carbonyl (C=O) groups is 1. The first-order valence-electron chi connectivity index (χ1n) is 13.1. The summed E-state index contributed by atoms with van der Waals surface area (Å²) in [5.41, 5.74) is 1.86. The third-order valence-corrected chi connectivity index (χ3v) is 8.54. The highest BCUT2D eigenvalue weighted by molar-refractivity contribution is 5.90. The first kappa shape index (κ1) is 23.9. The molecule has 6 heteroatoms. The number of nitrogens with zero attached hydrogens (tertiary/aromatic N) is 1. The first-order valence-corrected chi connectivity index (χ1v) is 13.1. The number of carbonyl (C=O) groups excluding carboxylic acids is 1. The van der Waals surface area contributed by atoms with Gasteiger partial charge >= 0.3 is 0 Å². The van der Waals surface area contributed by atoms with Crippen molar-refractivity contribution in [3.8, 4) is 23.0 Å². The van der Waals surface area contributed by atoms with Gasteiger partial charge < -0.3 is 24.2 Å². The van der Waals surface area contributed by atoms with Gasteiger partial charge in [0.2, 0.25) is 5.91 Å². The summed E-state index contributed by atoms with van der Waals surface area (Å²) >= 11 is 0. The topological polar surface area (TPSA) is 68.2 Å². The molecule has 192 valence electrons. The number of likely N-dealkylation sites (tertiary alicyclic amines) is 1. The Kier molecular flexibility index (Phi) is 6.07. The number of para-hydroxylation sites is 2. The molecule has 2 heterocycles. The van der Waals surface area contributed by atoms with Crippen LogP contribution in [0, 0.1) is 5.92 Å². The van der Waals surface area contributed by atoms with Crippen LogP contribution in [0.2, 0.25) is 0 Å². The van der Waals surface area contributed by atoms with Crippen LogP contribution in [0.3, 0.4) is 0 Å². The van der Waals surface area contributed by atoms with Gasteiger partial charge in [-0.15, -0.1) is 0 Å². The van der Waals surface area contributed by atoms with Crippen molar-refractivity contribution in [3.05, 3.63) is 83.4 Å². The van der Waals surface area contributed by atoms with E-state index >= 15 is 0 Å². The lowest BCUT2D eigenvalue weighted by Gasteiger charge is -2.53. The molecular weight excluding hydrogens is 466 g/mol. The van der Waals surface area contributed by atoms with Crippen LogP contribution in [0.25, 0.3) is 0 Å². The van der Waals surface area contributed by atoms with Gasteiger partial charge in [0.25, 0.3) is 0 Å². The smallest absolute Gasteiger partial charge is 0.235 e. The highest BCUT2D eigenvalue weighted by Crippen LogP contribution is 2.53. The standard InChI is InChI=1S/C31H33NO5/c1-35-20-14-15-23(27(19-20)36-2)29-24-11-7-8-16-31(24,34)17-18-32(29)30(33)28-21-9-3-5-12-25(21)37-26-13-6-4-10-22(26)28/h3-6,9-10,12-15,19,24,28-29,34H,7-8,11,16-18H2,1-2H3/t24-,29-,31+/m1/s1. The summed E-state index contributed by atoms with van der Waals surface area (Å²) in [6.45, 7) is 0.480. The van der Waals surface area contributed by atoms with Crippen LogP contribution in [0.1, 0.15) is 60.8 Å². The Bertz CT molecular complexity index is 1280. The fourth-order valence-corrected chi connectivity index (χ4v) is 6.72. The van der Waals surface area contributed by atoms with E-state index in [9.17, 15) is 9.90 Å². The molecule has 37 heavy (non-hydrogen) atoms. The van der Waals surface area contributed by atoms with E-state index in [1.807, 2.05) is 71.6 Å². The molecule has 3 atom stereocenters. The number of rotatable bonds is 4. The average Bonchev–Trinajstić information content (AvgIpc) is 2.94. The second-order valence-electron chi connectivity index (χ2n) is 10.4. The van der Waals surface area contributed by atoms with Gasteiger partial charge in [0.1, 0.15) is 23.0 Å². The molecule has 1 N–H and O–H groups in total. The van der Waals surface area contributed by atoms with Crippen molar-refractivity contribution >= 4 is 5.91 Å². The van der Waals surface area contributed by atoms with Gasteiger partial charge in [-0.2, -0.15) is 0 Å². The molecule has 6 rings (SSSR count). The first-order chi connectivity index (χ1) is 18.0. The zero-order chi connectivity index (χ0) is 25.6.